The quantitative estimate of drug-likeness (QED) is 0.549. The van der Waals surface area contributed by atoms with Crippen LogP contribution in [0.1, 0.15) is 30.9 Å². The zero-order valence-electron chi connectivity index (χ0n) is 18.0. The molecule has 0 saturated heterocycles. The highest BCUT2D eigenvalue weighted by Gasteiger charge is 2.33. The van der Waals surface area contributed by atoms with E-state index in [1.165, 1.54) is 17.1 Å². The van der Waals surface area contributed by atoms with Crippen LogP contribution in [-0.4, -0.2) is 43.6 Å². The summed E-state index contributed by atoms with van der Waals surface area (Å²) < 4.78 is 49.2. The molecule has 32 heavy (non-hydrogen) atoms. The maximum atomic E-state index is 12.9. The van der Waals surface area contributed by atoms with Crippen molar-refractivity contribution in [2.75, 3.05) is 32.2 Å². The summed E-state index contributed by atoms with van der Waals surface area (Å²) in [5.41, 5.74) is 1.03. The average molecular weight is 449 g/mol. The Morgan fingerprint density at radius 2 is 1.84 bits per heavy atom. The maximum Gasteiger partial charge on any atom is 0.416 e. The fourth-order valence-corrected chi connectivity index (χ4v) is 3.49. The fourth-order valence-electron chi connectivity index (χ4n) is 3.49. The van der Waals surface area contributed by atoms with Crippen LogP contribution >= 0.6 is 0 Å². The smallest absolute Gasteiger partial charge is 0.416 e. The van der Waals surface area contributed by atoms with Crippen LogP contribution in [0.2, 0.25) is 0 Å². The third kappa shape index (κ3) is 6.00. The van der Waals surface area contributed by atoms with Crippen LogP contribution in [0.5, 0.6) is 5.75 Å². The number of ether oxygens (including phenoxy) is 2. The molecule has 0 saturated carbocycles. The number of carbonyl (C=O) groups excluding carboxylic acids is 1. The van der Waals surface area contributed by atoms with Gasteiger partial charge < -0.3 is 14.8 Å². The number of nitrogens with zero attached hydrogens (tertiary/aromatic N) is 2. The largest absolute Gasteiger partial charge is 0.494 e. The van der Waals surface area contributed by atoms with Gasteiger partial charge in [-0.05, 0) is 61.7 Å². The second-order valence-corrected chi connectivity index (χ2v) is 7.36. The van der Waals surface area contributed by atoms with Crippen molar-refractivity contribution in [3.05, 3.63) is 59.7 Å². The van der Waals surface area contributed by atoms with Crippen LogP contribution in [0.3, 0.4) is 0 Å². The first-order chi connectivity index (χ1) is 15.3. The lowest BCUT2D eigenvalue weighted by molar-refractivity contribution is -0.137. The standard InChI is InChI=1S/C23H26F3N3O3/c1-3-32-20-12-10-19(11-13-20)27-22(30)29-15-17(5-4-14-31-2)21(28-29)16-6-8-18(9-7-16)23(24,25)26/h6-13,17H,3-5,14-15H2,1-2H3,(H,27,30). The van der Waals surface area contributed by atoms with Crippen LogP contribution in [0.15, 0.2) is 53.6 Å². The predicted octanol–water partition coefficient (Wildman–Crippen LogP) is 5.40. The van der Waals surface area contributed by atoms with Gasteiger partial charge in [-0.1, -0.05) is 12.1 Å². The Balaban J connectivity index is 1.75. The summed E-state index contributed by atoms with van der Waals surface area (Å²) in [6, 6.07) is 11.4. The molecule has 0 spiro atoms. The Morgan fingerprint density at radius 1 is 1.16 bits per heavy atom. The highest BCUT2D eigenvalue weighted by Crippen LogP contribution is 2.31. The molecule has 0 aromatic heterocycles. The van der Waals surface area contributed by atoms with Crippen molar-refractivity contribution in [2.45, 2.75) is 25.9 Å². The molecule has 2 aromatic carbocycles. The molecule has 0 fully saturated rings. The number of rotatable bonds is 8. The molecule has 0 aliphatic carbocycles. The molecule has 2 amide bonds. The average Bonchev–Trinajstić information content (AvgIpc) is 3.19. The maximum absolute atomic E-state index is 12.9. The number of benzene rings is 2. The zero-order chi connectivity index (χ0) is 23.1. The minimum atomic E-state index is -4.41. The van der Waals surface area contributed by atoms with E-state index in [2.05, 4.69) is 10.4 Å². The van der Waals surface area contributed by atoms with E-state index in [0.717, 1.165) is 18.6 Å². The third-order valence-electron chi connectivity index (χ3n) is 5.07. The van der Waals surface area contributed by atoms with Crippen molar-refractivity contribution in [2.24, 2.45) is 11.0 Å². The van der Waals surface area contributed by atoms with Gasteiger partial charge >= 0.3 is 12.2 Å². The van der Waals surface area contributed by atoms with Crippen molar-refractivity contribution in [3.63, 3.8) is 0 Å². The van der Waals surface area contributed by atoms with Crippen molar-refractivity contribution in [1.82, 2.24) is 5.01 Å². The number of methoxy groups -OCH3 is 1. The van der Waals surface area contributed by atoms with Gasteiger partial charge in [-0.15, -0.1) is 0 Å². The molecule has 0 bridgehead atoms. The van der Waals surface area contributed by atoms with Crippen LogP contribution in [0.25, 0.3) is 0 Å². The molecule has 172 valence electrons. The first-order valence-electron chi connectivity index (χ1n) is 10.4. The molecule has 1 atom stereocenters. The number of halogens is 3. The minimum Gasteiger partial charge on any atom is -0.494 e. The Bertz CT molecular complexity index is 928. The van der Waals surface area contributed by atoms with Gasteiger partial charge in [-0.3, -0.25) is 0 Å². The highest BCUT2D eigenvalue weighted by molar-refractivity contribution is 6.05. The van der Waals surface area contributed by atoms with E-state index in [1.807, 2.05) is 6.92 Å². The number of alkyl halides is 3. The number of hydrogen-bond donors (Lipinski definition) is 1. The molecular weight excluding hydrogens is 423 g/mol. The van der Waals surface area contributed by atoms with Crippen molar-refractivity contribution in [1.29, 1.82) is 0 Å². The fraction of sp³-hybridized carbons (Fsp3) is 0.391. The number of hydrazone groups is 1. The van der Waals surface area contributed by atoms with Gasteiger partial charge in [0.25, 0.3) is 0 Å². The minimum absolute atomic E-state index is 0.104. The SMILES string of the molecule is CCOc1ccc(NC(=O)N2CC(CCCOC)C(c3ccc(C(F)(F)F)cc3)=N2)cc1. The molecule has 2 aromatic rings. The molecule has 1 N–H and O–H groups in total. The molecule has 3 rings (SSSR count). The van der Waals surface area contributed by atoms with Gasteiger partial charge in [0, 0.05) is 25.3 Å². The van der Waals surface area contributed by atoms with E-state index in [4.69, 9.17) is 9.47 Å². The molecule has 1 aliphatic heterocycles. The lowest BCUT2D eigenvalue weighted by Gasteiger charge is -2.16. The van der Waals surface area contributed by atoms with Gasteiger partial charge in [0.2, 0.25) is 0 Å². The first kappa shape index (κ1) is 23.6. The predicted molar refractivity (Wildman–Crippen MR) is 116 cm³/mol. The van der Waals surface area contributed by atoms with Crippen molar-refractivity contribution < 1.29 is 27.4 Å². The molecule has 1 heterocycles. The van der Waals surface area contributed by atoms with Gasteiger partial charge in [0.15, 0.2) is 0 Å². The van der Waals surface area contributed by atoms with E-state index in [-0.39, 0.29) is 5.92 Å². The monoisotopic (exact) mass is 449 g/mol. The van der Waals surface area contributed by atoms with Crippen LogP contribution in [0, 0.1) is 5.92 Å². The topological polar surface area (TPSA) is 63.2 Å². The number of carbonyl (C=O) groups is 1. The number of urea groups is 1. The van der Waals surface area contributed by atoms with E-state index in [9.17, 15) is 18.0 Å². The lowest BCUT2D eigenvalue weighted by Crippen LogP contribution is -2.30. The van der Waals surface area contributed by atoms with Gasteiger partial charge in [-0.2, -0.15) is 18.3 Å². The number of hydrogen-bond acceptors (Lipinski definition) is 4. The number of nitrogens with one attached hydrogen (secondary N) is 1. The molecule has 9 heteroatoms. The van der Waals surface area contributed by atoms with Gasteiger partial charge in [0.05, 0.1) is 24.4 Å². The second kappa shape index (κ2) is 10.5. The van der Waals surface area contributed by atoms with Crippen LogP contribution in [0.4, 0.5) is 23.7 Å². The summed E-state index contributed by atoms with van der Waals surface area (Å²) >= 11 is 0. The molecule has 6 nitrogen and oxygen atoms in total. The van der Waals surface area contributed by atoms with Crippen molar-refractivity contribution in [3.8, 4) is 5.75 Å². The Morgan fingerprint density at radius 3 is 2.44 bits per heavy atom. The van der Waals surface area contributed by atoms with Gasteiger partial charge in [0.1, 0.15) is 5.75 Å². The van der Waals surface area contributed by atoms with Crippen LogP contribution in [-0.2, 0) is 10.9 Å². The molecule has 1 unspecified atom stereocenters. The third-order valence-corrected chi connectivity index (χ3v) is 5.07. The molecule has 1 aliphatic rings. The zero-order valence-corrected chi connectivity index (χ0v) is 18.0. The summed E-state index contributed by atoms with van der Waals surface area (Å²) in [5.74, 6) is 0.598. The Kier molecular flexibility index (Phi) is 7.74. The van der Waals surface area contributed by atoms with E-state index in [1.54, 1.807) is 31.4 Å². The molecule has 0 radical (unpaired) electrons. The lowest BCUT2D eigenvalue weighted by atomic mass is 9.93. The van der Waals surface area contributed by atoms with E-state index < -0.39 is 17.8 Å². The van der Waals surface area contributed by atoms with Crippen LogP contribution < -0.4 is 10.1 Å². The summed E-state index contributed by atoms with van der Waals surface area (Å²) in [5, 5.41) is 8.56. The summed E-state index contributed by atoms with van der Waals surface area (Å²) in [6.07, 6.45) is -2.97. The van der Waals surface area contributed by atoms with E-state index >= 15 is 0 Å². The second-order valence-electron chi connectivity index (χ2n) is 7.36. The Labute approximate surface area is 185 Å². The number of anilines is 1. The highest BCUT2D eigenvalue weighted by atomic mass is 19.4. The van der Waals surface area contributed by atoms with E-state index in [0.29, 0.717) is 48.9 Å². The normalized spacial score (nSPS) is 16.1. The summed E-state index contributed by atoms with van der Waals surface area (Å²) in [7, 11) is 1.61. The summed E-state index contributed by atoms with van der Waals surface area (Å²) in [4.78, 5) is 12.8. The number of amides is 2. The molecular formula is C23H26F3N3O3. The van der Waals surface area contributed by atoms with Gasteiger partial charge in [-0.25, -0.2) is 9.80 Å². The summed E-state index contributed by atoms with van der Waals surface area (Å²) in [6.45, 7) is 3.32. The first-order valence-corrected chi connectivity index (χ1v) is 10.4. The Hall–Kier alpha value is -3.07. The van der Waals surface area contributed by atoms with Crippen molar-refractivity contribution >= 4 is 17.4 Å².